The smallest absolute Gasteiger partial charge is 0.325 e. The number of halogens is 2. The summed E-state index contributed by atoms with van der Waals surface area (Å²) in [4.78, 5) is 33.7. The van der Waals surface area contributed by atoms with Gasteiger partial charge >= 0.3 is 5.97 Å². The second-order valence-corrected chi connectivity index (χ2v) is 10.1. The third-order valence-electron chi connectivity index (χ3n) is 5.13. The number of hydrogen-bond donors (Lipinski definition) is 3. The van der Waals surface area contributed by atoms with Crippen molar-refractivity contribution in [1.29, 1.82) is 5.26 Å². The Morgan fingerprint density at radius 3 is 2.59 bits per heavy atom. The van der Waals surface area contributed by atoms with Gasteiger partial charge in [-0.3, -0.25) is 9.59 Å². The fourth-order valence-corrected chi connectivity index (χ4v) is 3.97. The molecule has 0 fully saturated rings. The highest BCUT2D eigenvalue weighted by Gasteiger charge is 2.20. The monoisotopic (exact) mass is 566 g/mol. The quantitative estimate of drug-likeness (QED) is 0.207. The van der Waals surface area contributed by atoms with Crippen molar-refractivity contribution in [3.8, 4) is 17.3 Å². The maximum absolute atomic E-state index is 12.8. The Morgan fingerprint density at radius 1 is 1.13 bits per heavy atom. The highest BCUT2D eigenvalue weighted by molar-refractivity contribution is 6.36. The Bertz CT molecular complexity index is 1570. The Balaban J connectivity index is 1.60. The van der Waals surface area contributed by atoms with E-state index >= 15 is 0 Å². The number of benzene rings is 1. The SMILES string of the molecule is CC(C)(C)OC(=O)CNC(=O)c1cc2c(NCNc3ccc(C#N)cn3)nc(-c3ccc(Cl)cc3Cl)cn2n1. The van der Waals surface area contributed by atoms with Crippen molar-refractivity contribution in [2.75, 3.05) is 23.8 Å². The number of rotatable bonds is 8. The van der Waals surface area contributed by atoms with Gasteiger partial charge < -0.3 is 20.7 Å². The lowest BCUT2D eigenvalue weighted by Crippen LogP contribution is -2.34. The lowest BCUT2D eigenvalue weighted by atomic mass is 10.1. The van der Waals surface area contributed by atoms with Crippen LogP contribution in [0.3, 0.4) is 0 Å². The van der Waals surface area contributed by atoms with E-state index in [0.29, 0.717) is 44.0 Å². The number of pyridine rings is 1. The first-order valence-corrected chi connectivity index (χ1v) is 12.5. The Morgan fingerprint density at radius 2 is 1.92 bits per heavy atom. The Hall–Kier alpha value is -4.40. The molecule has 0 unspecified atom stereocenters. The molecule has 13 heteroatoms. The average Bonchev–Trinajstić information content (AvgIpc) is 3.31. The lowest BCUT2D eigenvalue weighted by molar-refractivity contribution is -0.153. The number of nitriles is 1. The average molecular weight is 567 g/mol. The summed E-state index contributed by atoms with van der Waals surface area (Å²) in [6.07, 6.45) is 3.09. The number of carbonyl (C=O) groups is 2. The highest BCUT2D eigenvalue weighted by Crippen LogP contribution is 2.31. The third-order valence-corrected chi connectivity index (χ3v) is 5.67. The zero-order valence-electron chi connectivity index (χ0n) is 21.2. The zero-order valence-corrected chi connectivity index (χ0v) is 22.8. The number of nitrogens with zero attached hydrogens (tertiary/aromatic N) is 5. The van der Waals surface area contributed by atoms with E-state index in [4.69, 9.17) is 38.2 Å². The summed E-state index contributed by atoms with van der Waals surface area (Å²) >= 11 is 12.5. The van der Waals surface area contributed by atoms with Crippen LogP contribution in [-0.2, 0) is 9.53 Å². The minimum atomic E-state index is -0.669. The van der Waals surface area contributed by atoms with E-state index in [9.17, 15) is 9.59 Å². The van der Waals surface area contributed by atoms with Gasteiger partial charge in [-0.1, -0.05) is 23.2 Å². The second kappa shape index (κ2) is 11.6. The molecule has 39 heavy (non-hydrogen) atoms. The van der Waals surface area contributed by atoms with Crippen molar-refractivity contribution >= 4 is 52.2 Å². The van der Waals surface area contributed by atoms with E-state index in [2.05, 4.69) is 26.0 Å². The number of fused-ring (bicyclic) bond motifs is 1. The number of nitrogens with one attached hydrogen (secondary N) is 3. The van der Waals surface area contributed by atoms with E-state index in [0.717, 1.165) is 0 Å². The number of carbonyl (C=O) groups excluding carboxylic acids is 2. The van der Waals surface area contributed by atoms with Crippen LogP contribution in [0.1, 0.15) is 36.8 Å². The molecule has 1 amide bonds. The standard InChI is InChI=1S/C26H24Cl2N8O3/c1-26(2,3)39-23(37)12-31-25(38)19-9-21-24(33-14-32-22-7-4-15(10-29)11-30-22)34-20(13-36(21)35-19)17-6-5-16(27)8-18(17)28/h4-9,11,13H,12,14H2,1-3H3,(H,30,32)(H,31,38)(H,33,34). The Kier molecular flexibility index (Phi) is 8.18. The predicted octanol–water partition coefficient (Wildman–Crippen LogP) is 4.52. The van der Waals surface area contributed by atoms with Crippen LogP contribution in [0.5, 0.6) is 0 Å². The molecule has 200 valence electrons. The van der Waals surface area contributed by atoms with Crippen molar-refractivity contribution in [3.05, 3.63) is 70.1 Å². The summed E-state index contributed by atoms with van der Waals surface area (Å²) in [7, 11) is 0. The first-order valence-electron chi connectivity index (χ1n) is 11.7. The van der Waals surface area contributed by atoms with Gasteiger partial charge in [0.1, 0.15) is 29.5 Å². The molecule has 1 aromatic carbocycles. The molecule has 3 aromatic heterocycles. The van der Waals surface area contributed by atoms with Gasteiger partial charge in [-0.25, -0.2) is 14.5 Å². The summed E-state index contributed by atoms with van der Waals surface area (Å²) in [5.74, 6) is -0.171. The summed E-state index contributed by atoms with van der Waals surface area (Å²) in [5.41, 5.74) is 1.44. The number of hydrogen-bond acceptors (Lipinski definition) is 9. The number of esters is 1. The minimum absolute atomic E-state index is 0.0736. The number of ether oxygens (including phenoxy) is 1. The molecule has 0 aliphatic rings. The van der Waals surface area contributed by atoms with Gasteiger partial charge in [0, 0.05) is 22.8 Å². The largest absolute Gasteiger partial charge is 0.459 e. The molecule has 0 saturated heterocycles. The van der Waals surface area contributed by atoms with E-state index in [1.807, 2.05) is 6.07 Å². The molecule has 0 saturated carbocycles. The molecule has 4 rings (SSSR count). The zero-order chi connectivity index (χ0) is 28.2. The van der Waals surface area contributed by atoms with Gasteiger partial charge in [0.2, 0.25) is 0 Å². The van der Waals surface area contributed by atoms with Gasteiger partial charge in [-0.2, -0.15) is 10.4 Å². The fourth-order valence-electron chi connectivity index (χ4n) is 3.46. The van der Waals surface area contributed by atoms with Crippen molar-refractivity contribution in [3.63, 3.8) is 0 Å². The van der Waals surface area contributed by atoms with Gasteiger partial charge in [0.25, 0.3) is 5.91 Å². The minimum Gasteiger partial charge on any atom is -0.459 e. The van der Waals surface area contributed by atoms with E-state index in [1.165, 1.54) is 10.7 Å². The van der Waals surface area contributed by atoms with Crippen LogP contribution in [0.15, 0.2) is 48.8 Å². The maximum Gasteiger partial charge on any atom is 0.325 e. The van der Waals surface area contributed by atoms with Crippen LogP contribution < -0.4 is 16.0 Å². The number of aromatic nitrogens is 4. The molecule has 11 nitrogen and oxygen atoms in total. The van der Waals surface area contributed by atoms with Crippen LogP contribution in [-0.4, -0.2) is 50.3 Å². The summed E-state index contributed by atoms with van der Waals surface area (Å²) < 4.78 is 6.73. The van der Waals surface area contributed by atoms with Crippen LogP contribution in [0.2, 0.25) is 10.0 Å². The van der Waals surface area contributed by atoms with Crippen LogP contribution in [0.25, 0.3) is 16.8 Å². The van der Waals surface area contributed by atoms with Crippen LogP contribution >= 0.6 is 23.2 Å². The molecule has 3 N–H and O–H groups in total. The van der Waals surface area contributed by atoms with Crippen LogP contribution in [0.4, 0.5) is 11.6 Å². The highest BCUT2D eigenvalue weighted by atomic mass is 35.5. The maximum atomic E-state index is 12.8. The number of amides is 1. The Labute approximate surface area is 234 Å². The molecular weight excluding hydrogens is 543 g/mol. The molecule has 0 spiro atoms. The van der Waals surface area contributed by atoms with Crippen molar-refractivity contribution in [2.24, 2.45) is 0 Å². The normalized spacial score (nSPS) is 11.1. The first-order chi connectivity index (χ1) is 18.5. The molecule has 0 radical (unpaired) electrons. The van der Waals surface area contributed by atoms with Crippen molar-refractivity contribution in [1.82, 2.24) is 24.9 Å². The molecule has 3 heterocycles. The van der Waals surface area contributed by atoms with Gasteiger partial charge in [-0.05, 0) is 51.1 Å². The molecular formula is C26H24Cl2N8O3. The molecule has 0 atom stereocenters. The molecule has 0 aliphatic heterocycles. The number of anilines is 2. The molecule has 0 bridgehead atoms. The second-order valence-electron chi connectivity index (χ2n) is 9.30. The van der Waals surface area contributed by atoms with Crippen molar-refractivity contribution < 1.29 is 14.3 Å². The van der Waals surface area contributed by atoms with Gasteiger partial charge in [0.15, 0.2) is 11.5 Å². The first kappa shape index (κ1) is 27.6. The van der Waals surface area contributed by atoms with E-state index < -0.39 is 17.5 Å². The lowest BCUT2D eigenvalue weighted by Gasteiger charge is -2.19. The summed E-state index contributed by atoms with van der Waals surface area (Å²) in [5, 5.41) is 23.0. The van der Waals surface area contributed by atoms with Gasteiger partial charge in [-0.15, -0.1) is 0 Å². The molecule has 0 aliphatic carbocycles. The summed E-state index contributed by atoms with van der Waals surface area (Å²) in [6, 6.07) is 11.9. The topological polar surface area (TPSA) is 146 Å². The van der Waals surface area contributed by atoms with E-state index in [-0.39, 0.29) is 18.9 Å². The van der Waals surface area contributed by atoms with Crippen molar-refractivity contribution in [2.45, 2.75) is 26.4 Å². The third kappa shape index (κ3) is 7.13. The molecule has 4 aromatic rings. The predicted molar refractivity (Wildman–Crippen MR) is 148 cm³/mol. The van der Waals surface area contributed by atoms with Crippen LogP contribution in [0, 0.1) is 11.3 Å². The fraction of sp³-hybridized carbons (Fsp3) is 0.231. The summed E-state index contributed by atoms with van der Waals surface area (Å²) in [6.45, 7) is 5.14. The van der Waals surface area contributed by atoms with Gasteiger partial charge in [0.05, 0.1) is 29.1 Å². The van der Waals surface area contributed by atoms with E-state index in [1.54, 1.807) is 63.4 Å².